The Morgan fingerprint density at radius 3 is 1.17 bits per heavy atom. The molecule has 0 aromatic rings. The zero-order chi connectivity index (χ0) is 3.58. The second kappa shape index (κ2) is 9.70. The molecule has 0 N–H and O–H groups in total. The van der Waals surface area contributed by atoms with Crippen LogP contribution in [0.2, 0.25) is 4.78 Å². The van der Waals surface area contributed by atoms with Crippen LogP contribution in [0.3, 0.4) is 0 Å². The summed E-state index contributed by atoms with van der Waals surface area (Å²) in [6.07, 6.45) is 0. The molecule has 0 spiro atoms. The van der Waals surface area contributed by atoms with Crippen molar-refractivity contribution in [3.63, 3.8) is 0 Å². The predicted octanol–water partition coefficient (Wildman–Crippen LogP) is -5.01. The molecular formula is C3H7AlBr2. The van der Waals surface area contributed by atoms with Gasteiger partial charge in [0.1, 0.15) is 0 Å². The van der Waals surface area contributed by atoms with Crippen LogP contribution in [-0.2, 0) is 0 Å². The van der Waals surface area contributed by atoms with Crippen molar-refractivity contribution >= 4 is 16.3 Å². The topological polar surface area (TPSA) is 0 Å². The van der Waals surface area contributed by atoms with Crippen molar-refractivity contribution < 1.29 is 34.0 Å². The molecule has 0 atom stereocenters. The van der Waals surface area contributed by atoms with Crippen molar-refractivity contribution in [2.45, 2.75) is 18.6 Å². The standard InChI is InChI=1S/C3H7.Al.2BrH/c1-3-2;;;/h3H,1-2H3;;2*1H/q;+2;;/p-2. The van der Waals surface area contributed by atoms with Crippen molar-refractivity contribution in [1.29, 1.82) is 0 Å². The van der Waals surface area contributed by atoms with Gasteiger partial charge in [-0.15, -0.1) is 0 Å². The van der Waals surface area contributed by atoms with Gasteiger partial charge in [-0.25, -0.2) is 0 Å². The van der Waals surface area contributed by atoms with Crippen molar-refractivity contribution in [3.8, 4) is 0 Å². The van der Waals surface area contributed by atoms with E-state index in [-0.39, 0.29) is 34.0 Å². The molecule has 0 aromatic heterocycles. The number of rotatable bonds is 0. The van der Waals surface area contributed by atoms with E-state index in [1.54, 1.807) is 0 Å². The largest absolute Gasteiger partial charge is 1.00 e. The van der Waals surface area contributed by atoms with Gasteiger partial charge in [0.25, 0.3) is 0 Å². The maximum absolute atomic E-state index is 2.66. The average molecular weight is 230 g/mol. The Hall–Kier alpha value is 1.49. The number of halogens is 2. The first kappa shape index (κ1) is 15.6. The Balaban J connectivity index is -0.0000000450. The molecule has 0 heterocycles. The Morgan fingerprint density at radius 2 is 1.17 bits per heavy atom. The van der Waals surface area contributed by atoms with Gasteiger partial charge in [-0.3, -0.25) is 0 Å². The molecule has 0 radical (unpaired) electrons. The first-order chi connectivity index (χ1) is 1.73. The van der Waals surface area contributed by atoms with Gasteiger partial charge in [-0.05, 0) is 0 Å². The summed E-state index contributed by atoms with van der Waals surface area (Å²) >= 11 is 2.66. The molecule has 0 rings (SSSR count). The van der Waals surface area contributed by atoms with Gasteiger partial charge in [0.05, 0.1) is 0 Å². The minimum Gasteiger partial charge on any atom is -1.00 e. The van der Waals surface area contributed by atoms with Gasteiger partial charge < -0.3 is 34.0 Å². The van der Waals surface area contributed by atoms with E-state index >= 15 is 0 Å². The smallest absolute Gasteiger partial charge is 1.00 e. The normalized spacial score (nSPS) is 6.17. The van der Waals surface area contributed by atoms with Gasteiger partial charge in [-0.2, -0.15) is 0 Å². The quantitative estimate of drug-likeness (QED) is 0.365. The third-order valence-electron chi connectivity index (χ3n) is 0. The van der Waals surface area contributed by atoms with E-state index in [9.17, 15) is 0 Å². The minimum absolute atomic E-state index is 0. The fourth-order valence-electron chi connectivity index (χ4n) is 0. The molecule has 0 saturated heterocycles. The van der Waals surface area contributed by atoms with E-state index in [0.717, 1.165) is 4.78 Å². The van der Waals surface area contributed by atoms with Crippen LogP contribution in [-0.4, -0.2) is 16.3 Å². The van der Waals surface area contributed by atoms with E-state index in [2.05, 4.69) is 30.1 Å². The SMILES string of the molecule is C[CH](C)[Al+2].[Br-].[Br-]. The maximum atomic E-state index is 2.66. The predicted molar refractivity (Wildman–Crippen MR) is 20.9 cm³/mol. The first-order valence-corrected chi connectivity index (χ1v) is 2.15. The second-order valence-electron chi connectivity index (χ2n) is 1.24. The summed E-state index contributed by atoms with van der Waals surface area (Å²) in [5.74, 6) is 0. The van der Waals surface area contributed by atoms with Crippen LogP contribution in [0, 0.1) is 0 Å². The summed E-state index contributed by atoms with van der Waals surface area (Å²) in [7, 11) is 0. The van der Waals surface area contributed by atoms with E-state index in [4.69, 9.17) is 0 Å². The number of hydrogen-bond acceptors (Lipinski definition) is 0. The molecule has 0 nitrogen and oxygen atoms in total. The van der Waals surface area contributed by atoms with Gasteiger partial charge >= 0.3 is 34.9 Å². The molecule has 0 aromatic carbocycles. The molecule has 0 fully saturated rings. The zero-order valence-electron chi connectivity index (χ0n) is 3.91. The van der Waals surface area contributed by atoms with Crippen LogP contribution in [0.5, 0.6) is 0 Å². The third kappa shape index (κ3) is 49.8. The van der Waals surface area contributed by atoms with E-state index < -0.39 is 0 Å². The summed E-state index contributed by atoms with van der Waals surface area (Å²) in [5.41, 5.74) is 0. The monoisotopic (exact) mass is 228 g/mol. The number of hydrogen-bond donors (Lipinski definition) is 0. The van der Waals surface area contributed by atoms with Crippen LogP contribution < -0.4 is 34.0 Å². The molecule has 0 saturated carbocycles. The minimum atomic E-state index is 0. The van der Waals surface area contributed by atoms with Gasteiger partial charge in [0.15, 0.2) is 0 Å². The molecule has 6 heavy (non-hydrogen) atoms. The summed E-state index contributed by atoms with van der Waals surface area (Å²) in [6.45, 7) is 4.26. The fourth-order valence-corrected chi connectivity index (χ4v) is 0. The summed E-state index contributed by atoms with van der Waals surface area (Å²) in [4.78, 5) is 0. The van der Waals surface area contributed by atoms with Crippen LogP contribution in [0.1, 0.15) is 13.8 Å². The van der Waals surface area contributed by atoms with Crippen molar-refractivity contribution in [3.05, 3.63) is 0 Å². The van der Waals surface area contributed by atoms with E-state index in [1.165, 1.54) is 0 Å². The Bertz CT molecular complexity index is 13.5. The Morgan fingerprint density at radius 1 is 1.17 bits per heavy atom. The van der Waals surface area contributed by atoms with Crippen molar-refractivity contribution in [1.82, 2.24) is 0 Å². The molecule has 0 aliphatic carbocycles. The Labute approximate surface area is 68.7 Å². The second-order valence-corrected chi connectivity index (χ2v) is 2.58. The van der Waals surface area contributed by atoms with Crippen LogP contribution in [0.25, 0.3) is 0 Å². The van der Waals surface area contributed by atoms with Crippen molar-refractivity contribution in [2.75, 3.05) is 0 Å². The molecule has 0 unspecified atom stereocenters. The van der Waals surface area contributed by atoms with Crippen molar-refractivity contribution in [2.24, 2.45) is 0 Å². The van der Waals surface area contributed by atoms with Crippen LogP contribution in [0.4, 0.5) is 0 Å². The summed E-state index contributed by atoms with van der Waals surface area (Å²) in [6, 6.07) is 0. The fraction of sp³-hybridized carbons (Fsp3) is 1.00. The first-order valence-electron chi connectivity index (χ1n) is 1.49. The summed E-state index contributed by atoms with van der Waals surface area (Å²) in [5, 5.41) is 0. The average Bonchev–Trinajstić information content (AvgIpc) is 0.811. The third-order valence-corrected chi connectivity index (χ3v) is 0. The molecule has 0 aliphatic heterocycles. The maximum Gasteiger partial charge on any atom is -1.00 e. The van der Waals surface area contributed by atoms with Crippen LogP contribution >= 0.6 is 0 Å². The molecule has 3 heteroatoms. The molecular weight excluding hydrogens is 223 g/mol. The molecule has 36 valence electrons. The van der Waals surface area contributed by atoms with Crippen LogP contribution in [0.15, 0.2) is 0 Å². The summed E-state index contributed by atoms with van der Waals surface area (Å²) < 4.78 is 0.750. The molecule has 0 amide bonds. The van der Waals surface area contributed by atoms with Gasteiger partial charge in [-0.1, -0.05) is 0 Å². The Kier molecular flexibility index (Phi) is 25.3. The van der Waals surface area contributed by atoms with Gasteiger partial charge in [0.2, 0.25) is 0 Å². The zero-order valence-corrected chi connectivity index (χ0v) is 8.24. The molecule has 0 bridgehead atoms. The molecule has 0 aliphatic rings. The van der Waals surface area contributed by atoms with E-state index in [0.29, 0.717) is 0 Å². The van der Waals surface area contributed by atoms with Gasteiger partial charge in [0, 0.05) is 0 Å². The van der Waals surface area contributed by atoms with E-state index in [1.807, 2.05) is 0 Å².